The lowest BCUT2D eigenvalue weighted by Gasteiger charge is -2.08. The number of hydrogen-bond acceptors (Lipinski definition) is 2. The Hall–Kier alpha value is -2.13. The summed E-state index contributed by atoms with van der Waals surface area (Å²) in [6, 6.07) is 15.6. The maximum absolute atomic E-state index is 5.75. The van der Waals surface area contributed by atoms with E-state index < -0.39 is 0 Å². The average molecular weight is 277 g/mol. The Morgan fingerprint density at radius 3 is 2.57 bits per heavy atom. The van der Waals surface area contributed by atoms with E-state index in [4.69, 9.17) is 10.7 Å². The molecule has 4 rings (SSSR count). The molecule has 3 heteroatoms. The molecule has 3 aromatic rings. The first kappa shape index (κ1) is 12.6. The summed E-state index contributed by atoms with van der Waals surface area (Å²) in [5.74, 6) is 1.08. The van der Waals surface area contributed by atoms with Gasteiger partial charge in [0.1, 0.15) is 5.82 Å². The van der Waals surface area contributed by atoms with Gasteiger partial charge in [0, 0.05) is 18.2 Å². The van der Waals surface area contributed by atoms with Crippen LogP contribution in [0.25, 0.3) is 22.4 Å². The van der Waals surface area contributed by atoms with Crippen LogP contribution in [0, 0.1) is 6.92 Å². The molecule has 1 saturated carbocycles. The zero-order chi connectivity index (χ0) is 14.4. The van der Waals surface area contributed by atoms with E-state index in [2.05, 4.69) is 54.0 Å². The third-order valence-electron chi connectivity index (χ3n) is 4.21. The number of nitrogens with two attached hydrogens (primary N) is 1. The maximum Gasteiger partial charge on any atom is 0.141 e. The highest BCUT2D eigenvalue weighted by atomic mass is 15.1. The summed E-state index contributed by atoms with van der Waals surface area (Å²) in [7, 11) is 0. The van der Waals surface area contributed by atoms with Gasteiger partial charge in [-0.25, -0.2) is 4.98 Å². The summed E-state index contributed by atoms with van der Waals surface area (Å²) in [6.07, 6.45) is 2.51. The third-order valence-corrected chi connectivity index (χ3v) is 4.21. The molecular formula is C18H19N3. The van der Waals surface area contributed by atoms with Crippen molar-refractivity contribution in [3.8, 4) is 11.4 Å². The van der Waals surface area contributed by atoms with E-state index >= 15 is 0 Å². The number of imidazole rings is 1. The monoisotopic (exact) mass is 277 g/mol. The minimum absolute atomic E-state index is 0.562. The molecule has 0 bridgehead atoms. The minimum atomic E-state index is 0.562. The van der Waals surface area contributed by atoms with Gasteiger partial charge in [-0.2, -0.15) is 0 Å². The van der Waals surface area contributed by atoms with Gasteiger partial charge >= 0.3 is 0 Å². The van der Waals surface area contributed by atoms with Gasteiger partial charge < -0.3 is 10.3 Å². The van der Waals surface area contributed by atoms with Crippen LogP contribution in [0.4, 0.5) is 0 Å². The van der Waals surface area contributed by atoms with Gasteiger partial charge in [-0.05, 0) is 37.5 Å². The lowest BCUT2D eigenvalue weighted by Crippen LogP contribution is -1.98. The smallest absolute Gasteiger partial charge is 0.141 e. The second-order valence-electron chi connectivity index (χ2n) is 5.93. The highest BCUT2D eigenvalue weighted by molar-refractivity contribution is 5.81. The SMILES string of the molecule is Cc1ccc(-c2nc3cc(CN)ccc3n2C2CC2)cc1. The molecule has 0 spiro atoms. The second-order valence-corrected chi connectivity index (χ2v) is 5.93. The number of benzene rings is 2. The first-order chi connectivity index (χ1) is 10.3. The van der Waals surface area contributed by atoms with Crippen molar-refractivity contribution in [1.29, 1.82) is 0 Å². The molecule has 0 aliphatic heterocycles. The van der Waals surface area contributed by atoms with Crippen LogP contribution in [0.5, 0.6) is 0 Å². The fraction of sp³-hybridized carbons (Fsp3) is 0.278. The van der Waals surface area contributed by atoms with Gasteiger partial charge in [-0.15, -0.1) is 0 Å². The van der Waals surface area contributed by atoms with Gasteiger partial charge in [0.2, 0.25) is 0 Å². The second kappa shape index (κ2) is 4.71. The largest absolute Gasteiger partial charge is 0.326 e. The molecule has 0 unspecified atom stereocenters. The van der Waals surface area contributed by atoms with Crippen LogP contribution in [0.3, 0.4) is 0 Å². The molecule has 1 aliphatic rings. The third kappa shape index (κ3) is 2.14. The molecule has 0 amide bonds. The van der Waals surface area contributed by atoms with E-state index in [1.807, 2.05) is 0 Å². The van der Waals surface area contributed by atoms with Crippen LogP contribution in [0.15, 0.2) is 42.5 Å². The number of aromatic nitrogens is 2. The quantitative estimate of drug-likeness (QED) is 0.791. The number of fused-ring (bicyclic) bond motifs is 1. The number of aryl methyl sites for hydroxylation is 1. The molecular weight excluding hydrogens is 258 g/mol. The summed E-state index contributed by atoms with van der Waals surface area (Å²) in [4.78, 5) is 4.89. The van der Waals surface area contributed by atoms with Crippen molar-refractivity contribution < 1.29 is 0 Å². The van der Waals surface area contributed by atoms with Gasteiger partial charge in [-0.1, -0.05) is 35.9 Å². The van der Waals surface area contributed by atoms with Gasteiger partial charge in [0.25, 0.3) is 0 Å². The molecule has 1 aliphatic carbocycles. The fourth-order valence-electron chi connectivity index (χ4n) is 2.88. The molecule has 2 aromatic carbocycles. The van der Waals surface area contributed by atoms with Crippen molar-refractivity contribution in [2.75, 3.05) is 0 Å². The standard InChI is InChI=1S/C18H19N3/c1-12-2-5-14(6-3-12)18-20-16-10-13(11-19)4-9-17(16)21(18)15-7-8-15/h2-6,9-10,15H,7-8,11,19H2,1H3. The molecule has 0 atom stereocenters. The Balaban J connectivity index is 1.94. The summed E-state index contributed by atoms with van der Waals surface area (Å²) in [5.41, 5.74) is 11.6. The van der Waals surface area contributed by atoms with Crippen molar-refractivity contribution in [3.05, 3.63) is 53.6 Å². The van der Waals surface area contributed by atoms with E-state index in [1.54, 1.807) is 0 Å². The van der Waals surface area contributed by atoms with Crippen molar-refractivity contribution >= 4 is 11.0 Å². The Morgan fingerprint density at radius 2 is 1.90 bits per heavy atom. The Morgan fingerprint density at radius 1 is 1.14 bits per heavy atom. The van der Waals surface area contributed by atoms with Gasteiger partial charge in [0.15, 0.2) is 0 Å². The highest BCUT2D eigenvalue weighted by Gasteiger charge is 2.28. The van der Waals surface area contributed by atoms with E-state index in [0.29, 0.717) is 12.6 Å². The normalized spacial score (nSPS) is 14.8. The van der Waals surface area contributed by atoms with Gasteiger partial charge in [0.05, 0.1) is 11.0 Å². The van der Waals surface area contributed by atoms with Crippen molar-refractivity contribution in [2.45, 2.75) is 32.4 Å². The molecule has 0 saturated heterocycles. The number of nitrogens with zero attached hydrogens (tertiary/aromatic N) is 2. The Kier molecular flexibility index (Phi) is 2.82. The first-order valence-corrected chi connectivity index (χ1v) is 7.54. The molecule has 1 heterocycles. The summed E-state index contributed by atoms with van der Waals surface area (Å²) >= 11 is 0. The molecule has 106 valence electrons. The van der Waals surface area contributed by atoms with Crippen LogP contribution in [0.1, 0.15) is 30.0 Å². The predicted molar refractivity (Wildman–Crippen MR) is 86.1 cm³/mol. The predicted octanol–water partition coefficient (Wildman–Crippen LogP) is 3.81. The summed E-state index contributed by atoms with van der Waals surface area (Å²) in [6.45, 7) is 2.67. The molecule has 0 radical (unpaired) electrons. The fourth-order valence-corrected chi connectivity index (χ4v) is 2.88. The van der Waals surface area contributed by atoms with Crippen molar-refractivity contribution in [1.82, 2.24) is 9.55 Å². The first-order valence-electron chi connectivity index (χ1n) is 7.54. The zero-order valence-electron chi connectivity index (χ0n) is 12.2. The van der Waals surface area contributed by atoms with Crippen molar-refractivity contribution in [2.24, 2.45) is 5.73 Å². The molecule has 3 nitrogen and oxygen atoms in total. The Bertz CT molecular complexity index is 795. The van der Waals surface area contributed by atoms with E-state index in [9.17, 15) is 0 Å². The minimum Gasteiger partial charge on any atom is -0.326 e. The highest BCUT2D eigenvalue weighted by Crippen LogP contribution is 2.41. The molecule has 2 N–H and O–H groups in total. The Labute approximate surface area is 124 Å². The topological polar surface area (TPSA) is 43.8 Å². The summed E-state index contributed by atoms with van der Waals surface area (Å²) < 4.78 is 2.40. The lowest BCUT2D eigenvalue weighted by atomic mass is 10.1. The van der Waals surface area contributed by atoms with Crippen LogP contribution in [-0.4, -0.2) is 9.55 Å². The van der Waals surface area contributed by atoms with Gasteiger partial charge in [-0.3, -0.25) is 0 Å². The number of hydrogen-bond donors (Lipinski definition) is 1. The van der Waals surface area contributed by atoms with E-state index in [1.165, 1.54) is 29.5 Å². The number of rotatable bonds is 3. The van der Waals surface area contributed by atoms with E-state index in [0.717, 1.165) is 16.9 Å². The van der Waals surface area contributed by atoms with E-state index in [-0.39, 0.29) is 0 Å². The van der Waals surface area contributed by atoms with Crippen LogP contribution >= 0.6 is 0 Å². The van der Waals surface area contributed by atoms with Crippen LogP contribution < -0.4 is 5.73 Å². The molecule has 1 fully saturated rings. The summed E-state index contributed by atoms with van der Waals surface area (Å²) in [5, 5.41) is 0. The van der Waals surface area contributed by atoms with Crippen LogP contribution in [0.2, 0.25) is 0 Å². The van der Waals surface area contributed by atoms with Crippen LogP contribution in [-0.2, 0) is 6.54 Å². The lowest BCUT2D eigenvalue weighted by molar-refractivity contribution is 0.775. The molecule has 21 heavy (non-hydrogen) atoms. The van der Waals surface area contributed by atoms with Crippen molar-refractivity contribution in [3.63, 3.8) is 0 Å². The molecule has 1 aromatic heterocycles. The average Bonchev–Trinajstić information content (AvgIpc) is 3.27. The maximum atomic E-state index is 5.75. The zero-order valence-corrected chi connectivity index (χ0v) is 12.2.